The molecule has 1 aliphatic rings. The smallest absolute Gasteiger partial charge is 0.545 e. The van der Waals surface area contributed by atoms with Crippen molar-refractivity contribution in [3.63, 3.8) is 0 Å². The fourth-order valence-electron chi connectivity index (χ4n) is 3.56. The molecule has 0 spiro atoms. The van der Waals surface area contributed by atoms with Gasteiger partial charge >= 0.3 is 6.36 Å². The normalized spacial score (nSPS) is 13.7. The average Bonchev–Trinajstić information content (AvgIpc) is 2.92. The van der Waals surface area contributed by atoms with E-state index in [1.165, 1.54) is 36.4 Å². The Kier molecular flexibility index (Phi) is 5.95. The number of rotatable bonds is 5. The molecular weight excluding hydrogens is 439 g/mol. The molecule has 0 saturated heterocycles. The fourth-order valence-corrected chi connectivity index (χ4v) is 3.56. The van der Waals surface area contributed by atoms with Gasteiger partial charge in [0.25, 0.3) is 5.91 Å². The van der Waals surface area contributed by atoms with Gasteiger partial charge in [0.15, 0.2) is 0 Å². The SMILES string of the molecule is O=C([O-])c1cccc(CN2CCOc3ccc(-c4ccc(OC(F)(F)F)cc4)cc3C2=O)c1. The van der Waals surface area contributed by atoms with Gasteiger partial charge in [-0.3, -0.25) is 4.79 Å². The molecule has 6 nitrogen and oxygen atoms in total. The molecule has 0 fully saturated rings. The molecular formula is C24H17F3NO5-. The standard InChI is InChI=1S/C24H18F3NO5/c25-24(26,27)33-19-7-4-16(5-8-19)17-6-9-21-20(13-17)22(29)28(10-11-32-21)14-15-2-1-3-18(12-15)23(30)31/h1-9,12-13H,10-11,14H2,(H,30,31)/p-1. The monoisotopic (exact) mass is 456 g/mol. The number of hydrogen-bond acceptors (Lipinski definition) is 5. The highest BCUT2D eigenvalue weighted by Gasteiger charge is 2.31. The Morgan fingerprint density at radius 2 is 1.76 bits per heavy atom. The fraction of sp³-hybridized carbons (Fsp3) is 0.167. The maximum atomic E-state index is 13.2. The minimum atomic E-state index is -4.78. The lowest BCUT2D eigenvalue weighted by molar-refractivity contribution is -0.274. The second-order valence-corrected chi connectivity index (χ2v) is 7.35. The molecule has 33 heavy (non-hydrogen) atoms. The molecule has 0 bridgehead atoms. The Bertz CT molecular complexity index is 1190. The van der Waals surface area contributed by atoms with E-state index in [-0.39, 0.29) is 30.4 Å². The molecule has 3 aromatic rings. The van der Waals surface area contributed by atoms with Gasteiger partial charge in [-0.2, -0.15) is 0 Å². The quantitative estimate of drug-likeness (QED) is 0.586. The van der Waals surface area contributed by atoms with Crippen molar-refractivity contribution in [2.45, 2.75) is 12.9 Å². The summed E-state index contributed by atoms with van der Waals surface area (Å²) >= 11 is 0. The summed E-state index contributed by atoms with van der Waals surface area (Å²) in [6.45, 7) is 0.722. The number of ether oxygens (including phenoxy) is 2. The summed E-state index contributed by atoms with van der Waals surface area (Å²) in [7, 11) is 0. The Labute approximate surface area is 186 Å². The topological polar surface area (TPSA) is 78.9 Å². The van der Waals surface area contributed by atoms with Gasteiger partial charge in [0, 0.05) is 6.54 Å². The molecule has 9 heteroatoms. The predicted molar refractivity (Wildman–Crippen MR) is 110 cm³/mol. The van der Waals surface area contributed by atoms with Crippen LogP contribution in [0, 0.1) is 0 Å². The van der Waals surface area contributed by atoms with Crippen LogP contribution in [0.15, 0.2) is 66.7 Å². The van der Waals surface area contributed by atoms with Crippen LogP contribution in [0.1, 0.15) is 26.3 Å². The average molecular weight is 456 g/mol. The van der Waals surface area contributed by atoms with E-state index in [1.54, 1.807) is 35.2 Å². The van der Waals surface area contributed by atoms with Crippen molar-refractivity contribution in [1.82, 2.24) is 4.90 Å². The molecule has 0 unspecified atom stereocenters. The highest BCUT2D eigenvalue weighted by Crippen LogP contribution is 2.31. The molecule has 1 amide bonds. The van der Waals surface area contributed by atoms with E-state index in [2.05, 4.69) is 4.74 Å². The number of fused-ring (bicyclic) bond motifs is 1. The van der Waals surface area contributed by atoms with Crippen molar-refractivity contribution in [2.75, 3.05) is 13.2 Å². The van der Waals surface area contributed by atoms with Crippen LogP contribution in [-0.2, 0) is 6.54 Å². The van der Waals surface area contributed by atoms with E-state index in [0.717, 1.165) is 0 Å². The van der Waals surface area contributed by atoms with E-state index in [1.807, 2.05) is 0 Å². The van der Waals surface area contributed by atoms with Crippen molar-refractivity contribution in [1.29, 1.82) is 0 Å². The summed E-state index contributed by atoms with van der Waals surface area (Å²) in [5.74, 6) is -1.55. The molecule has 0 N–H and O–H groups in total. The minimum Gasteiger partial charge on any atom is -0.545 e. The first-order valence-corrected chi connectivity index (χ1v) is 9.92. The predicted octanol–water partition coefficient (Wildman–Crippen LogP) is 3.65. The van der Waals surface area contributed by atoms with Crippen molar-refractivity contribution in [2.24, 2.45) is 0 Å². The first-order valence-electron chi connectivity index (χ1n) is 9.92. The van der Waals surface area contributed by atoms with E-state index >= 15 is 0 Å². The van der Waals surface area contributed by atoms with Gasteiger partial charge in [-0.1, -0.05) is 36.4 Å². The molecule has 0 atom stereocenters. The number of carbonyl (C=O) groups is 2. The number of nitrogens with zero attached hydrogens (tertiary/aromatic N) is 1. The van der Waals surface area contributed by atoms with Crippen molar-refractivity contribution in [3.8, 4) is 22.6 Å². The van der Waals surface area contributed by atoms with E-state index < -0.39 is 12.3 Å². The molecule has 0 aromatic heterocycles. The number of carboxylic acids is 1. The van der Waals surface area contributed by atoms with Crippen LogP contribution in [0.25, 0.3) is 11.1 Å². The molecule has 0 aliphatic carbocycles. The zero-order chi connectivity index (χ0) is 23.6. The van der Waals surface area contributed by atoms with Crippen LogP contribution in [0.2, 0.25) is 0 Å². The summed E-state index contributed by atoms with van der Waals surface area (Å²) in [6, 6.07) is 16.5. The van der Waals surface area contributed by atoms with Crippen molar-refractivity contribution in [3.05, 3.63) is 83.4 Å². The first kappa shape index (κ1) is 22.2. The Balaban J connectivity index is 1.58. The van der Waals surface area contributed by atoms with E-state index in [4.69, 9.17) is 4.74 Å². The maximum absolute atomic E-state index is 13.2. The number of halogens is 3. The number of carbonyl (C=O) groups excluding carboxylic acids is 2. The number of benzene rings is 3. The zero-order valence-corrected chi connectivity index (χ0v) is 17.1. The zero-order valence-electron chi connectivity index (χ0n) is 17.1. The lowest BCUT2D eigenvalue weighted by Gasteiger charge is -2.20. The van der Waals surface area contributed by atoms with Gasteiger partial charge < -0.3 is 24.3 Å². The first-order chi connectivity index (χ1) is 15.7. The molecule has 1 heterocycles. The lowest BCUT2D eigenvalue weighted by Crippen LogP contribution is -2.32. The van der Waals surface area contributed by atoms with Crippen LogP contribution < -0.4 is 14.6 Å². The minimum absolute atomic E-state index is 0.0201. The van der Waals surface area contributed by atoms with Crippen molar-refractivity contribution >= 4 is 11.9 Å². The second-order valence-electron chi connectivity index (χ2n) is 7.35. The van der Waals surface area contributed by atoms with E-state index in [9.17, 15) is 27.9 Å². The lowest BCUT2D eigenvalue weighted by atomic mass is 10.0. The molecule has 170 valence electrons. The number of hydrogen-bond donors (Lipinski definition) is 0. The second kappa shape index (κ2) is 8.85. The Morgan fingerprint density at radius 3 is 2.45 bits per heavy atom. The van der Waals surface area contributed by atoms with Gasteiger partial charge in [0.05, 0.1) is 18.1 Å². The highest BCUT2D eigenvalue weighted by molar-refractivity contribution is 5.98. The maximum Gasteiger partial charge on any atom is 0.573 e. The van der Waals surface area contributed by atoms with Crippen LogP contribution >= 0.6 is 0 Å². The third-order valence-electron chi connectivity index (χ3n) is 5.07. The third-order valence-corrected chi connectivity index (χ3v) is 5.07. The van der Waals surface area contributed by atoms with Gasteiger partial charge in [0.2, 0.25) is 0 Å². The molecule has 0 saturated carbocycles. The van der Waals surface area contributed by atoms with Crippen LogP contribution in [-0.4, -0.2) is 36.3 Å². The molecule has 4 rings (SSSR count). The highest BCUT2D eigenvalue weighted by atomic mass is 19.4. The summed E-state index contributed by atoms with van der Waals surface area (Å²) in [4.78, 5) is 25.9. The number of amides is 1. The number of aromatic carboxylic acids is 1. The summed E-state index contributed by atoms with van der Waals surface area (Å²) < 4.78 is 46.7. The van der Waals surface area contributed by atoms with Gasteiger partial charge in [-0.05, 0) is 52.6 Å². The molecule has 3 aromatic carbocycles. The molecule has 1 aliphatic heterocycles. The summed E-state index contributed by atoms with van der Waals surface area (Å²) in [5, 5.41) is 11.1. The molecule has 0 radical (unpaired) electrons. The van der Waals surface area contributed by atoms with E-state index in [0.29, 0.717) is 34.5 Å². The van der Waals surface area contributed by atoms with Crippen LogP contribution in [0.5, 0.6) is 11.5 Å². The van der Waals surface area contributed by atoms with Gasteiger partial charge in [-0.15, -0.1) is 13.2 Å². The summed E-state index contributed by atoms with van der Waals surface area (Å²) in [5.41, 5.74) is 2.16. The number of carboxylic acid groups (broad SMARTS) is 1. The Hall–Kier alpha value is -4.01. The third kappa shape index (κ3) is 5.25. The largest absolute Gasteiger partial charge is 0.573 e. The summed E-state index contributed by atoms with van der Waals surface area (Å²) in [6.07, 6.45) is -4.78. The van der Waals surface area contributed by atoms with Crippen LogP contribution in [0.3, 0.4) is 0 Å². The van der Waals surface area contributed by atoms with Crippen LogP contribution in [0.4, 0.5) is 13.2 Å². The van der Waals surface area contributed by atoms with Crippen molar-refractivity contribution < 1.29 is 37.3 Å². The Morgan fingerprint density at radius 1 is 1.03 bits per heavy atom. The number of alkyl halides is 3. The van der Waals surface area contributed by atoms with Gasteiger partial charge in [-0.25, -0.2) is 0 Å². The van der Waals surface area contributed by atoms with Gasteiger partial charge in [0.1, 0.15) is 18.1 Å².